The number of urea groups is 1. The molecule has 2 aromatic rings. The van der Waals surface area contributed by atoms with E-state index < -0.39 is 5.82 Å². The average Bonchev–Trinajstić information content (AvgIpc) is 2.83. The maximum Gasteiger partial charge on any atom is 0.322 e. The molecule has 2 aromatic carbocycles. The lowest BCUT2D eigenvalue weighted by atomic mass is 10.1. The number of piperidine rings is 1. The number of para-hydroxylation sites is 2. The summed E-state index contributed by atoms with van der Waals surface area (Å²) >= 11 is 0. The number of benzene rings is 2. The molecule has 2 aliphatic heterocycles. The van der Waals surface area contributed by atoms with Gasteiger partial charge in [0.1, 0.15) is 11.4 Å². The molecule has 2 fully saturated rings. The smallest absolute Gasteiger partial charge is 0.322 e. The summed E-state index contributed by atoms with van der Waals surface area (Å²) < 4.78 is 20.3. The highest BCUT2D eigenvalue weighted by Gasteiger charge is 2.26. The quantitative estimate of drug-likeness (QED) is 0.769. The predicted molar refractivity (Wildman–Crippen MR) is 120 cm³/mol. The Kier molecular flexibility index (Phi) is 7.21. The minimum Gasteiger partial charge on any atom is -0.455 e. The van der Waals surface area contributed by atoms with E-state index in [1.165, 1.54) is 12.5 Å². The van der Waals surface area contributed by atoms with E-state index in [0.29, 0.717) is 38.5 Å². The van der Waals surface area contributed by atoms with Gasteiger partial charge in [0, 0.05) is 39.3 Å². The number of halogens is 1. The number of carbonyl (C=O) groups excluding carboxylic acids is 2. The second kappa shape index (κ2) is 10.5. The number of likely N-dealkylation sites (tertiary alicyclic amines) is 1. The molecule has 0 bridgehead atoms. The summed E-state index contributed by atoms with van der Waals surface area (Å²) in [5.74, 6) is 0.408. The number of piperazine rings is 1. The summed E-state index contributed by atoms with van der Waals surface area (Å²) in [7, 11) is 0. The normalized spacial score (nSPS) is 17.2. The largest absolute Gasteiger partial charge is 0.455 e. The van der Waals surface area contributed by atoms with Crippen molar-refractivity contribution < 1.29 is 18.7 Å². The lowest BCUT2D eigenvalue weighted by Crippen LogP contribution is -2.52. The Morgan fingerprint density at radius 1 is 0.844 bits per heavy atom. The second-order valence-electron chi connectivity index (χ2n) is 8.16. The second-order valence-corrected chi connectivity index (χ2v) is 8.16. The van der Waals surface area contributed by atoms with Gasteiger partial charge >= 0.3 is 6.03 Å². The van der Waals surface area contributed by atoms with Gasteiger partial charge in [0.15, 0.2) is 11.6 Å². The first-order chi connectivity index (χ1) is 15.6. The Bertz CT molecular complexity index is 926. The van der Waals surface area contributed by atoms with Crippen LogP contribution in [0.4, 0.5) is 14.9 Å². The van der Waals surface area contributed by atoms with E-state index in [9.17, 15) is 14.0 Å². The van der Waals surface area contributed by atoms with Gasteiger partial charge in [-0.2, -0.15) is 0 Å². The first kappa shape index (κ1) is 22.1. The first-order valence-electron chi connectivity index (χ1n) is 11.2. The molecule has 3 amide bonds. The highest BCUT2D eigenvalue weighted by atomic mass is 19.1. The van der Waals surface area contributed by atoms with Crippen LogP contribution in [0.3, 0.4) is 0 Å². The van der Waals surface area contributed by atoms with Crippen molar-refractivity contribution in [3.05, 3.63) is 54.3 Å². The van der Waals surface area contributed by atoms with E-state index in [1.807, 2.05) is 23.1 Å². The van der Waals surface area contributed by atoms with Gasteiger partial charge in [0.25, 0.3) is 0 Å². The minimum atomic E-state index is -0.558. The van der Waals surface area contributed by atoms with Crippen molar-refractivity contribution in [2.45, 2.75) is 19.3 Å². The minimum absolute atomic E-state index is 0.0176. The molecule has 2 aliphatic rings. The van der Waals surface area contributed by atoms with Crippen molar-refractivity contribution in [2.75, 3.05) is 51.1 Å². The molecule has 4 rings (SSSR count). The molecule has 1 N–H and O–H groups in total. The van der Waals surface area contributed by atoms with Crippen LogP contribution in [-0.2, 0) is 4.79 Å². The summed E-state index contributed by atoms with van der Waals surface area (Å²) in [4.78, 5) is 30.9. The third kappa shape index (κ3) is 5.56. The first-order valence-corrected chi connectivity index (χ1v) is 11.2. The van der Waals surface area contributed by atoms with E-state index in [1.54, 1.807) is 29.2 Å². The van der Waals surface area contributed by atoms with Gasteiger partial charge in [-0.25, -0.2) is 9.18 Å². The molecular weight excluding hydrogens is 411 g/mol. The molecule has 0 spiro atoms. The van der Waals surface area contributed by atoms with Gasteiger partial charge in [0.2, 0.25) is 5.91 Å². The van der Waals surface area contributed by atoms with E-state index >= 15 is 0 Å². The third-order valence-corrected chi connectivity index (χ3v) is 5.91. The van der Waals surface area contributed by atoms with Crippen molar-refractivity contribution in [1.82, 2.24) is 14.7 Å². The van der Waals surface area contributed by atoms with Gasteiger partial charge in [-0.1, -0.05) is 24.3 Å². The standard InChI is InChI=1S/C24H29FN4O3/c25-20-10-7-11-21(32-19-8-3-1-4-9-19)23(20)26-24(31)29-16-14-27(15-17-29)18-22(30)28-12-5-2-6-13-28/h1,3-4,7-11H,2,5-6,12-18H2,(H,26,31). The molecule has 0 aromatic heterocycles. The lowest BCUT2D eigenvalue weighted by Gasteiger charge is -2.36. The summed E-state index contributed by atoms with van der Waals surface area (Å²) in [6.45, 7) is 4.24. The van der Waals surface area contributed by atoms with Gasteiger partial charge < -0.3 is 19.9 Å². The molecular formula is C24H29FN4O3. The maximum atomic E-state index is 14.5. The number of hydrogen-bond donors (Lipinski definition) is 1. The number of anilines is 1. The van der Waals surface area contributed by atoms with Crippen LogP contribution < -0.4 is 10.1 Å². The van der Waals surface area contributed by atoms with E-state index in [-0.39, 0.29) is 23.4 Å². The highest BCUT2D eigenvalue weighted by Crippen LogP contribution is 2.32. The zero-order chi connectivity index (χ0) is 22.3. The van der Waals surface area contributed by atoms with Gasteiger partial charge in [-0.05, 0) is 43.5 Å². The van der Waals surface area contributed by atoms with E-state index in [0.717, 1.165) is 25.9 Å². The molecule has 8 heteroatoms. The molecule has 0 atom stereocenters. The van der Waals surface area contributed by atoms with Crippen molar-refractivity contribution in [3.8, 4) is 11.5 Å². The summed E-state index contributed by atoms with van der Waals surface area (Å²) in [5, 5.41) is 2.67. The molecule has 2 heterocycles. The molecule has 7 nitrogen and oxygen atoms in total. The number of carbonyl (C=O) groups is 2. The van der Waals surface area contributed by atoms with Gasteiger partial charge in [-0.15, -0.1) is 0 Å². The van der Waals surface area contributed by atoms with Crippen molar-refractivity contribution in [2.24, 2.45) is 0 Å². The van der Waals surface area contributed by atoms with Crippen molar-refractivity contribution >= 4 is 17.6 Å². The zero-order valence-electron chi connectivity index (χ0n) is 18.1. The van der Waals surface area contributed by atoms with Crippen molar-refractivity contribution in [1.29, 1.82) is 0 Å². The number of hydrogen-bond acceptors (Lipinski definition) is 4. The number of amides is 3. The Morgan fingerprint density at radius 2 is 1.56 bits per heavy atom. The lowest BCUT2D eigenvalue weighted by molar-refractivity contribution is -0.133. The fraction of sp³-hybridized carbons (Fsp3) is 0.417. The molecule has 0 saturated carbocycles. The van der Waals surface area contributed by atoms with E-state index in [2.05, 4.69) is 10.2 Å². The van der Waals surface area contributed by atoms with Crippen LogP contribution >= 0.6 is 0 Å². The topological polar surface area (TPSA) is 65.1 Å². The number of rotatable bonds is 5. The van der Waals surface area contributed by atoms with Crippen LogP contribution in [0.15, 0.2) is 48.5 Å². The van der Waals surface area contributed by atoms with Crippen LogP contribution in [0.2, 0.25) is 0 Å². The van der Waals surface area contributed by atoms with Gasteiger partial charge in [0.05, 0.1) is 6.54 Å². The average molecular weight is 441 g/mol. The van der Waals surface area contributed by atoms with Crippen LogP contribution in [0.5, 0.6) is 11.5 Å². The summed E-state index contributed by atoms with van der Waals surface area (Å²) in [5.41, 5.74) is 0.0176. The SMILES string of the molecule is O=C(CN1CCN(C(=O)Nc2c(F)cccc2Oc2ccccc2)CC1)N1CCCCC1. The molecule has 2 saturated heterocycles. The fourth-order valence-electron chi connectivity index (χ4n) is 4.06. The van der Waals surface area contributed by atoms with E-state index in [4.69, 9.17) is 4.74 Å². The third-order valence-electron chi connectivity index (χ3n) is 5.91. The molecule has 170 valence electrons. The molecule has 32 heavy (non-hydrogen) atoms. The maximum absolute atomic E-state index is 14.5. The predicted octanol–water partition coefficient (Wildman–Crippen LogP) is 3.78. The Balaban J connectivity index is 1.32. The summed E-state index contributed by atoms with van der Waals surface area (Å²) in [6, 6.07) is 13.1. The van der Waals surface area contributed by atoms with Gasteiger partial charge in [-0.3, -0.25) is 9.69 Å². The number of nitrogens with one attached hydrogen (secondary N) is 1. The number of nitrogens with zero attached hydrogens (tertiary/aromatic N) is 3. The van der Waals surface area contributed by atoms with Crippen LogP contribution in [-0.4, -0.2) is 72.5 Å². The van der Waals surface area contributed by atoms with Crippen LogP contribution in [0.1, 0.15) is 19.3 Å². The Labute approximate surface area is 187 Å². The monoisotopic (exact) mass is 440 g/mol. The van der Waals surface area contributed by atoms with Crippen LogP contribution in [0, 0.1) is 5.82 Å². The number of ether oxygens (including phenoxy) is 1. The Hall–Kier alpha value is -3.13. The highest BCUT2D eigenvalue weighted by molar-refractivity contribution is 5.91. The fourth-order valence-corrected chi connectivity index (χ4v) is 4.06. The molecule has 0 unspecified atom stereocenters. The molecule has 0 radical (unpaired) electrons. The zero-order valence-corrected chi connectivity index (χ0v) is 18.1. The summed E-state index contributed by atoms with van der Waals surface area (Å²) in [6.07, 6.45) is 3.34. The van der Waals surface area contributed by atoms with Crippen molar-refractivity contribution in [3.63, 3.8) is 0 Å². The molecule has 0 aliphatic carbocycles. The van der Waals surface area contributed by atoms with Crippen LogP contribution in [0.25, 0.3) is 0 Å². The Morgan fingerprint density at radius 3 is 2.28 bits per heavy atom.